The molecule has 1 N–H and O–H groups in total. The number of carbonyl (C=O) groups is 2. The molecule has 1 saturated heterocycles. The molecule has 0 bridgehead atoms. The molecule has 2 fully saturated rings. The van der Waals surface area contributed by atoms with Crippen molar-refractivity contribution in [3.8, 4) is 5.75 Å². The number of hydrogen-bond donors (Lipinski definition) is 1. The molecule has 0 radical (unpaired) electrons. The molecule has 1 aliphatic heterocycles. The number of rotatable bonds is 4. The lowest BCUT2D eigenvalue weighted by Crippen LogP contribution is -2.38. The van der Waals surface area contributed by atoms with Gasteiger partial charge in [-0.2, -0.15) is 0 Å². The lowest BCUT2D eigenvalue weighted by Gasteiger charge is -2.28. The van der Waals surface area contributed by atoms with Gasteiger partial charge in [0.2, 0.25) is 5.91 Å². The maximum Gasteiger partial charge on any atom is 0.253 e. The van der Waals surface area contributed by atoms with E-state index in [-0.39, 0.29) is 23.1 Å². The van der Waals surface area contributed by atoms with Crippen molar-refractivity contribution in [2.45, 2.75) is 32.6 Å². The van der Waals surface area contributed by atoms with E-state index in [2.05, 4.69) is 5.32 Å². The summed E-state index contributed by atoms with van der Waals surface area (Å²) >= 11 is 0. The van der Waals surface area contributed by atoms with Gasteiger partial charge in [-0.25, -0.2) is 0 Å². The van der Waals surface area contributed by atoms with Crippen LogP contribution in [0.4, 0.5) is 0 Å². The monoisotopic (exact) mass is 330 g/mol. The lowest BCUT2D eigenvalue weighted by atomic mass is 9.76. The molecule has 1 aliphatic carbocycles. The number of nitrogens with one attached hydrogen (secondary N) is 1. The summed E-state index contributed by atoms with van der Waals surface area (Å²) in [5, 5.41) is 2.79. The normalized spacial score (nSPS) is 21.9. The van der Waals surface area contributed by atoms with Crippen LogP contribution in [0.3, 0.4) is 0 Å². The SMILES string of the molecule is CCOc1ccc(C(=O)N2CC(C(=O)NC)C3(CCCC3)C2)cc1. The van der Waals surface area contributed by atoms with Crippen LogP contribution in [0.1, 0.15) is 43.0 Å². The first kappa shape index (κ1) is 16.8. The zero-order valence-electron chi connectivity index (χ0n) is 14.5. The van der Waals surface area contributed by atoms with E-state index in [1.807, 2.05) is 36.1 Å². The molecule has 0 aromatic heterocycles. The van der Waals surface area contributed by atoms with Gasteiger partial charge in [-0.15, -0.1) is 0 Å². The molecule has 2 aliphatic rings. The third-order valence-corrected chi connectivity index (χ3v) is 5.51. The van der Waals surface area contributed by atoms with E-state index in [1.165, 1.54) is 0 Å². The molecule has 5 heteroatoms. The Morgan fingerprint density at radius 1 is 1.25 bits per heavy atom. The number of carbonyl (C=O) groups excluding carboxylic acids is 2. The van der Waals surface area contributed by atoms with E-state index < -0.39 is 0 Å². The Balaban J connectivity index is 1.77. The van der Waals surface area contributed by atoms with Gasteiger partial charge in [0.05, 0.1) is 12.5 Å². The van der Waals surface area contributed by atoms with Gasteiger partial charge in [-0.3, -0.25) is 9.59 Å². The molecular weight excluding hydrogens is 304 g/mol. The van der Waals surface area contributed by atoms with Gasteiger partial charge >= 0.3 is 0 Å². The summed E-state index contributed by atoms with van der Waals surface area (Å²) in [6, 6.07) is 7.27. The van der Waals surface area contributed by atoms with Crippen LogP contribution < -0.4 is 10.1 Å². The maximum absolute atomic E-state index is 12.9. The quantitative estimate of drug-likeness (QED) is 0.922. The predicted octanol–water partition coefficient (Wildman–Crippen LogP) is 2.46. The highest BCUT2D eigenvalue weighted by atomic mass is 16.5. The fourth-order valence-corrected chi connectivity index (χ4v) is 4.29. The zero-order chi connectivity index (χ0) is 17.2. The highest BCUT2D eigenvalue weighted by molar-refractivity contribution is 5.95. The average molecular weight is 330 g/mol. The van der Waals surface area contributed by atoms with E-state index in [0.29, 0.717) is 25.3 Å². The summed E-state index contributed by atoms with van der Waals surface area (Å²) < 4.78 is 5.43. The number of amides is 2. The van der Waals surface area contributed by atoms with Gasteiger partial charge in [0.15, 0.2) is 0 Å². The fourth-order valence-electron chi connectivity index (χ4n) is 4.29. The molecule has 1 heterocycles. The minimum Gasteiger partial charge on any atom is -0.494 e. The first-order valence-corrected chi connectivity index (χ1v) is 8.83. The first-order valence-electron chi connectivity index (χ1n) is 8.83. The van der Waals surface area contributed by atoms with Crippen LogP contribution >= 0.6 is 0 Å². The third-order valence-electron chi connectivity index (χ3n) is 5.51. The molecule has 130 valence electrons. The summed E-state index contributed by atoms with van der Waals surface area (Å²) in [4.78, 5) is 27.1. The van der Waals surface area contributed by atoms with Gasteiger partial charge in [-0.1, -0.05) is 12.8 Å². The molecule has 1 aromatic rings. The molecule has 1 aromatic carbocycles. The van der Waals surface area contributed by atoms with Gasteiger partial charge in [0.1, 0.15) is 5.75 Å². The van der Waals surface area contributed by atoms with Crippen LogP contribution in [0.2, 0.25) is 0 Å². The van der Waals surface area contributed by atoms with E-state index in [4.69, 9.17) is 4.74 Å². The average Bonchev–Trinajstić information content (AvgIpc) is 3.22. The van der Waals surface area contributed by atoms with Crippen LogP contribution in [-0.2, 0) is 4.79 Å². The van der Waals surface area contributed by atoms with E-state index in [1.54, 1.807) is 7.05 Å². The predicted molar refractivity (Wildman–Crippen MR) is 92.0 cm³/mol. The van der Waals surface area contributed by atoms with Crippen LogP contribution in [0.15, 0.2) is 24.3 Å². The Bertz CT molecular complexity index is 606. The molecule has 1 saturated carbocycles. The van der Waals surface area contributed by atoms with Crippen molar-refractivity contribution in [2.75, 3.05) is 26.7 Å². The minimum atomic E-state index is -0.0864. The summed E-state index contributed by atoms with van der Waals surface area (Å²) in [5.41, 5.74) is 0.630. The Morgan fingerprint density at radius 2 is 1.92 bits per heavy atom. The van der Waals surface area contributed by atoms with Gasteiger partial charge in [0, 0.05) is 31.1 Å². The highest BCUT2D eigenvalue weighted by Gasteiger charge is 2.52. The van der Waals surface area contributed by atoms with Gasteiger partial charge in [0.25, 0.3) is 5.91 Å². The molecule has 2 amide bonds. The molecule has 1 unspecified atom stereocenters. The summed E-state index contributed by atoms with van der Waals surface area (Å²) in [6.07, 6.45) is 4.38. The Labute approximate surface area is 143 Å². The maximum atomic E-state index is 12.9. The molecule has 1 spiro atoms. The van der Waals surface area contributed by atoms with Crippen LogP contribution in [-0.4, -0.2) is 43.5 Å². The molecular formula is C19H26N2O3. The van der Waals surface area contributed by atoms with Crippen molar-refractivity contribution >= 4 is 11.8 Å². The number of ether oxygens (including phenoxy) is 1. The molecule has 3 rings (SSSR count). The number of benzene rings is 1. The second-order valence-corrected chi connectivity index (χ2v) is 6.88. The third kappa shape index (κ3) is 2.99. The minimum absolute atomic E-state index is 0.00993. The van der Waals surface area contributed by atoms with Crippen LogP contribution in [0.5, 0.6) is 5.75 Å². The fraction of sp³-hybridized carbons (Fsp3) is 0.579. The van der Waals surface area contributed by atoms with Crippen molar-refractivity contribution in [3.05, 3.63) is 29.8 Å². The van der Waals surface area contributed by atoms with Crippen molar-refractivity contribution in [2.24, 2.45) is 11.3 Å². The van der Waals surface area contributed by atoms with Crippen molar-refractivity contribution < 1.29 is 14.3 Å². The number of likely N-dealkylation sites (tertiary alicyclic amines) is 1. The lowest BCUT2D eigenvalue weighted by molar-refractivity contribution is -0.127. The molecule has 1 atom stereocenters. The van der Waals surface area contributed by atoms with Crippen molar-refractivity contribution in [1.82, 2.24) is 10.2 Å². The van der Waals surface area contributed by atoms with Crippen molar-refractivity contribution in [1.29, 1.82) is 0 Å². The standard InChI is InChI=1S/C19H26N2O3/c1-3-24-15-8-6-14(7-9-15)18(23)21-12-16(17(22)20-2)19(13-21)10-4-5-11-19/h6-9,16H,3-5,10-13H2,1-2H3,(H,20,22). The number of nitrogens with zero attached hydrogens (tertiary/aromatic N) is 1. The Hall–Kier alpha value is -2.04. The Kier molecular flexibility index (Phi) is 4.78. The highest BCUT2D eigenvalue weighted by Crippen LogP contribution is 2.49. The summed E-state index contributed by atoms with van der Waals surface area (Å²) in [6.45, 7) is 3.75. The largest absolute Gasteiger partial charge is 0.494 e. The smallest absolute Gasteiger partial charge is 0.253 e. The van der Waals surface area contributed by atoms with E-state index in [0.717, 1.165) is 31.4 Å². The summed E-state index contributed by atoms with van der Waals surface area (Å²) in [7, 11) is 1.68. The number of hydrogen-bond acceptors (Lipinski definition) is 3. The summed E-state index contributed by atoms with van der Waals surface area (Å²) in [5.74, 6) is 0.761. The first-order chi connectivity index (χ1) is 11.6. The van der Waals surface area contributed by atoms with Gasteiger partial charge < -0.3 is 15.0 Å². The van der Waals surface area contributed by atoms with E-state index >= 15 is 0 Å². The Morgan fingerprint density at radius 3 is 2.50 bits per heavy atom. The van der Waals surface area contributed by atoms with Crippen molar-refractivity contribution in [3.63, 3.8) is 0 Å². The molecule has 5 nitrogen and oxygen atoms in total. The van der Waals surface area contributed by atoms with Crippen LogP contribution in [0, 0.1) is 11.3 Å². The van der Waals surface area contributed by atoms with E-state index in [9.17, 15) is 9.59 Å². The van der Waals surface area contributed by atoms with Crippen LogP contribution in [0.25, 0.3) is 0 Å². The topological polar surface area (TPSA) is 58.6 Å². The molecule has 24 heavy (non-hydrogen) atoms. The second-order valence-electron chi connectivity index (χ2n) is 6.88. The zero-order valence-corrected chi connectivity index (χ0v) is 14.5. The van der Waals surface area contributed by atoms with Gasteiger partial charge in [-0.05, 0) is 44.0 Å². The second kappa shape index (κ2) is 6.83.